The van der Waals surface area contributed by atoms with Gasteiger partial charge >= 0.3 is 0 Å². The average Bonchev–Trinajstić information content (AvgIpc) is 3.03. The second kappa shape index (κ2) is 11.8. The number of aromatic nitrogens is 2. The second-order valence-corrected chi connectivity index (χ2v) is 9.86. The molecule has 200 valence electrons. The van der Waals surface area contributed by atoms with Crippen LogP contribution in [0.1, 0.15) is 56.3 Å². The molecule has 3 heterocycles. The van der Waals surface area contributed by atoms with Crippen molar-refractivity contribution in [1.82, 2.24) is 20.2 Å². The third kappa shape index (κ3) is 5.95. The lowest BCUT2D eigenvalue weighted by Gasteiger charge is -2.31. The number of fused-ring (bicyclic) bond motifs is 1. The molecule has 1 aromatic carbocycles. The predicted molar refractivity (Wildman–Crippen MR) is 146 cm³/mol. The van der Waals surface area contributed by atoms with Crippen molar-refractivity contribution in [3.63, 3.8) is 0 Å². The fourth-order valence-corrected chi connectivity index (χ4v) is 5.06. The molecule has 2 N–H and O–H groups in total. The van der Waals surface area contributed by atoms with Gasteiger partial charge in [0, 0.05) is 37.7 Å². The highest BCUT2D eigenvalue weighted by molar-refractivity contribution is 5.97. The Bertz CT molecular complexity index is 1110. The number of carbonyl (C=O) groups excluding carboxylic acids is 2. The summed E-state index contributed by atoms with van der Waals surface area (Å²) in [6.07, 6.45) is 5.93. The van der Waals surface area contributed by atoms with Gasteiger partial charge in [0.2, 0.25) is 11.9 Å². The van der Waals surface area contributed by atoms with Crippen LogP contribution < -0.4 is 25.2 Å². The molecule has 2 aliphatic rings. The molecule has 10 nitrogen and oxygen atoms in total. The maximum Gasteiger partial charge on any atom is 0.251 e. The SMILES string of the molecule is CCC(CC)N1CCC(=O)N(C)c2cnc(Nc3ccc(C(=O)NC4CCN(C)CC4)cc3OC)nc21. The number of methoxy groups -OCH3 is 1. The van der Waals surface area contributed by atoms with Crippen molar-refractivity contribution in [2.75, 3.05) is 56.0 Å². The third-order valence-corrected chi connectivity index (χ3v) is 7.47. The number of carbonyl (C=O) groups is 2. The van der Waals surface area contributed by atoms with E-state index in [2.05, 4.69) is 46.3 Å². The zero-order valence-corrected chi connectivity index (χ0v) is 22.6. The van der Waals surface area contributed by atoms with Crippen LogP contribution in [0.2, 0.25) is 0 Å². The lowest BCUT2D eigenvalue weighted by molar-refractivity contribution is -0.118. The Labute approximate surface area is 219 Å². The predicted octanol–water partition coefficient (Wildman–Crippen LogP) is 3.41. The van der Waals surface area contributed by atoms with E-state index in [1.54, 1.807) is 37.4 Å². The quantitative estimate of drug-likeness (QED) is 0.558. The highest BCUT2D eigenvalue weighted by atomic mass is 16.5. The smallest absolute Gasteiger partial charge is 0.251 e. The third-order valence-electron chi connectivity index (χ3n) is 7.47. The zero-order chi connectivity index (χ0) is 26.5. The summed E-state index contributed by atoms with van der Waals surface area (Å²) < 4.78 is 5.60. The molecule has 4 rings (SSSR count). The van der Waals surface area contributed by atoms with Crippen molar-refractivity contribution in [1.29, 1.82) is 0 Å². The van der Waals surface area contributed by atoms with Gasteiger partial charge in [-0.2, -0.15) is 4.98 Å². The standard InChI is InChI=1S/C27H39N7O3/c1-6-20(7-2)34-15-12-24(35)33(4)22-17-28-27(31-25(22)34)30-21-9-8-18(16-23(21)37-5)26(36)29-19-10-13-32(3)14-11-19/h8-9,16-17,19-20H,6-7,10-15H2,1-5H3,(H,29,36)(H,28,30,31). The van der Waals surface area contributed by atoms with E-state index in [1.807, 2.05) is 6.07 Å². The van der Waals surface area contributed by atoms with Crippen molar-refractivity contribution in [3.05, 3.63) is 30.0 Å². The van der Waals surface area contributed by atoms with E-state index >= 15 is 0 Å². The summed E-state index contributed by atoms with van der Waals surface area (Å²) in [4.78, 5) is 40.9. The van der Waals surface area contributed by atoms with Gasteiger partial charge in [0.1, 0.15) is 11.4 Å². The Morgan fingerprint density at radius 1 is 1.16 bits per heavy atom. The first-order chi connectivity index (χ1) is 17.8. The molecule has 2 aromatic rings. The van der Waals surface area contributed by atoms with Gasteiger partial charge < -0.3 is 30.1 Å². The Morgan fingerprint density at radius 3 is 2.57 bits per heavy atom. The van der Waals surface area contributed by atoms with E-state index in [9.17, 15) is 9.59 Å². The lowest BCUT2D eigenvalue weighted by atomic mass is 10.0. The molecule has 37 heavy (non-hydrogen) atoms. The summed E-state index contributed by atoms with van der Waals surface area (Å²) >= 11 is 0. The number of amides is 2. The first kappa shape index (κ1) is 26.7. The highest BCUT2D eigenvalue weighted by Crippen LogP contribution is 2.34. The van der Waals surface area contributed by atoms with Crippen molar-refractivity contribution in [3.8, 4) is 5.75 Å². The molecule has 0 atom stereocenters. The summed E-state index contributed by atoms with van der Waals surface area (Å²) in [7, 11) is 5.45. The number of hydrogen-bond acceptors (Lipinski definition) is 8. The number of piperidine rings is 1. The van der Waals surface area contributed by atoms with E-state index in [4.69, 9.17) is 9.72 Å². The van der Waals surface area contributed by atoms with Crippen molar-refractivity contribution >= 4 is 35.0 Å². The maximum absolute atomic E-state index is 12.9. The minimum atomic E-state index is -0.103. The van der Waals surface area contributed by atoms with Crippen LogP contribution in [0.4, 0.5) is 23.1 Å². The van der Waals surface area contributed by atoms with Gasteiger partial charge in [0.15, 0.2) is 5.82 Å². The molecule has 0 radical (unpaired) electrons. The molecule has 1 aromatic heterocycles. The highest BCUT2D eigenvalue weighted by Gasteiger charge is 2.29. The molecule has 0 spiro atoms. The average molecular weight is 510 g/mol. The number of ether oxygens (including phenoxy) is 1. The largest absolute Gasteiger partial charge is 0.495 e. The molecule has 0 aliphatic carbocycles. The fraction of sp³-hybridized carbons (Fsp3) is 0.556. The van der Waals surface area contributed by atoms with Gasteiger partial charge in [-0.1, -0.05) is 13.8 Å². The van der Waals surface area contributed by atoms with Crippen LogP contribution in [0.5, 0.6) is 5.75 Å². The van der Waals surface area contributed by atoms with Gasteiger partial charge in [0.25, 0.3) is 5.91 Å². The number of anilines is 4. The zero-order valence-electron chi connectivity index (χ0n) is 22.6. The molecule has 1 saturated heterocycles. The van der Waals surface area contributed by atoms with Crippen LogP contribution >= 0.6 is 0 Å². The summed E-state index contributed by atoms with van der Waals surface area (Å²) in [5, 5.41) is 6.40. The summed E-state index contributed by atoms with van der Waals surface area (Å²) in [5.74, 6) is 1.62. The Kier molecular flexibility index (Phi) is 8.48. The molecule has 2 amide bonds. The second-order valence-electron chi connectivity index (χ2n) is 9.86. The lowest BCUT2D eigenvalue weighted by Crippen LogP contribution is -2.43. The van der Waals surface area contributed by atoms with Crippen LogP contribution in [-0.2, 0) is 4.79 Å². The summed E-state index contributed by atoms with van der Waals surface area (Å²) in [5.41, 5.74) is 1.91. The van der Waals surface area contributed by atoms with Gasteiger partial charge in [0.05, 0.1) is 19.0 Å². The number of hydrogen-bond donors (Lipinski definition) is 2. The minimum Gasteiger partial charge on any atom is -0.495 e. The van der Waals surface area contributed by atoms with Crippen LogP contribution in [0.25, 0.3) is 0 Å². The molecule has 0 bridgehead atoms. The molecule has 2 aliphatic heterocycles. The van der Waals surface area contributed by atoms with Crippen LogP contribution in [0, 0.1) is 0 Å². The number of nitrogens with one attached hydrogen (secondary N) is 2. The first-order valence-corrected chi connectivity index (χ1v) is 13.2. The Morgan fingerprint density at radius 2 is 1.89 bits per heavy atom. The van der Waals surface area contributed by atoms with E-state index < -0.39 is 0 Å². The van der Waals surface area contributed by atoms with Crippen LogP contribution in [0.3, 0.4) is 0 Å². The Hall–Kier alpha value is -3.40. The van der Waals surface area contributed by atoms with Crippen molar-refractivity contribution in [2.45, 2.75) is 58.0 Å². The van der Waals surface area contributed by atoms with E-state index in [1.165, 1.54) is 0 Å². The van der Waals surface area contributed by atoms with Gasteiger partial charge in [-0.3, -0.25) is 9.59 Å². The van der Waals surface area contributed by atoms with Crippen molar-refractivity contribution in [2.24, 2.45) is 0 Å². The molecule has 1 fully saturated rings. The normalized spacial score (nSPS) is 17.0. The maximum atomic E-state index is 12.9. The van der Waals surface area contributed by atoms with Gasteiger partial charge in [-0.15, -0.1) is 0 Å². The minimum absolute atomic E-state index is 0.0507. The first-order valence-electron chi connectivity index (χ1n) is 13.2. The van der Waals surface area contributed by atoms with Crippen LogP contribution in [0.15, 0.2) is 24.4 Å². The molecular weight excluding hydrogens is 470 g/mol. The summed E-state index contributed by atoms with van der Waals surface area (Å²) in [6.45, 7) is 6.89. The topological polar surface area (TPSA) is 103 Å². The van der Waals surface area contributed by atoms with Crippen LogP contribution in [-0.4, -0.2) is 79.6 Å². The molecule has 0 unspecified atom stereocenters. The number of benzene rings is 1. The van der Waals surface area contributed by atoms with Gasteiger partial charge in [-0.25, -0.2) is 4.98 Å². The molecular formula is C27H39N7O3. The van der Waals surface area contributed by atoms with E-state index in [-0.39, 0.29) is 23.9 Å². The number of likely N-dealkylation sites (tertiary alicyclic amines) is 1. The molecule has 10 heteroatoms. The van der Waals surface area contributed by atoms with Gasteiger partial charge in [-0.05, 0) is 64.0 Å². The number of nitrogens with zero attached hydrogens (tertiary/aromatic N) is 5. The summed E-state index contributed by atoms with van der Waals surface area (Å²) in [6, 6.07) is 5.79. The molecule has 0 saturated carbocycles. The fourth-order valence-electron chi connectivity index (χ4n) is 5.06. The monoisotopic (exact) mass is 509 g/mol. The number of rotatable bonds is 8. The van der Waals surface area contributed by atoms with E-state index in [0.29, 0.717) is 41.6 Å². The van der Waals surface area contributed by atoms with E-state index in [0.717, 1.165) is 44.6 Å². The Balaban J connectivity index is 1.56. The van der Waals surface area contributed by atoms with Crippen molar-refractivity contribution < 1.29 is 14.3 Å².